The molecule has 0 fully saturated rings. The van der Waals surface area contributed by atoms with E-state index in [2.05, 4.69) is 25.9 Å². The standard InChI is InChI=1S/C12H11BrN2O2/c1-7-3-9(4-8(2)12(7)13)17-11-5-10(16)14-6-15-11/h3-6H,1-2H3,(H,14,15,16). The van der Waals surface area contributed by atoms with Gasteiger partial charge in [-0.1, -0.05) is 15.9 Å². The van der Waals surface area contributed by atoms with Crippen LogP contribution >= 0.6 is 15.9 Å². The molecule has 17 heavy (non-hydrogen) atoms. The fourth-order valence-electron chi connectivity index (χ4n) is 1.49. The Morgan fingerprint density at radius 3 is 2.47 bits per heavy atom. The van der Waals surface area contributed by atoms with Gasteiger partial charge in [-0.05, 0) is 37.1 Å². The summed E-state index contributed by atoms with van der Waals surface area (Å²) >= 11 is 3.48. The number of ether oxygens (including phenoxy) is 1. The number of aromatic amines is 1. The molecule has 0 unspecified atom stereocenters. The summed E-state index contributed by atoms with van der Waals surface area (Å²) in [6, 6.07) is 5.09. The summed E-state index contributed by atoms with van der Waals surface area (Å²) in [6.45, 7) is 3.96. The highest BCUT2D eigenvalue weighted by molar-refractivity contribution is 9.10. The van der Waals surface area contributed by atoms with Crippen LogP contribution < -0.4 is 10.3 Å². The Labute approximate surface area is 107 Å². The van der Waals surface area contributed by atoms with E-state index in [1.165, 1.54) is 12.4 Å². The van der Waals surface area contributed by atoms with Gasteiger partial charge >= 0.3 is 0 Å². The maximum atomic E-state index is 11.1. The number of hydrogen-bond acceptors (Lipinski definition) is 3. The van der Waals surface area contributed by atoms with Crippen LogP contribution in [0.3, 0.4) is 0 Å². The number of H-pyrrole nitrogens is 1. The molecular formula is C12H11BrN2O2. The Bertz CT molecular complexity index is 584. The van der Waals surface area contributed by atoms with Crippen LogP contribution in [-0.2, 0) is 0 Å². The lowest BCUT2D eigenvalue weighted by Gasteiger charge is -2.08. The van der Waals surface area contributed by atoms with Gasteiger partial charge in [0, 0.05) is 4.47 Å². The van der Waals surface area contributed by atoms with Crippen molar-refractivity contribution < 1.29 is 4.74 Å². The maximum absolute atomic E-state index is 11.1. The molecule has 0 radical (unpaired) electrons. The topological polar surface area (TPSA) is 55.0 Å². The molecular weight excluding hydrogens is 284 g/mol. The second-order valence-corrected chi connectivity index (χ2v) is 4.52. The molecule has 1 aromatic heterocycles. The second kappa shape index (κ2) is 4.71. The van der Waals surface area contributed by atoms with Crippen LogP contribution in [0.15, 0.2) is 33.8 Å². The van der Waals surface area contributed by atoms with Crippen molar-refractivity contribution in [2.45, 2.75) is 13.8 Å². The van der Waals surface area contributed by atoms with Crippen LogP contribution in [0.2, 0.25) is 0 Å². The predicted molar refractivity (Wildman–Crippen MR) is 68.5 cm³/mol. The van der Waals surface area contributed by atoms with E-state index in [-0.39, 0.29) is 11.4 Å². The van der Waals surface area contributed by atoms with Gasteiger partial charge < -0.3 is 9.72 Å². The van der Waals surface area contributed by atoms with Crippen molar-refractivity contribution in [3.05, 3.63) is 50.5 Å². The van der Waals surface area contributed by atoms with Gasteiger partial charge in [0.15, 0.2) is 0 Å². The van der Waals surface area contributed by atoms with Crippen LogP contribution in [0.4, 0.5) is 0 Å². The van der Waals surface area contributed by atoms with Gasteiger partial charge in [0.05, 0.1) is 12.4 Å². The van der Waals surface area contributed by atoms with Gasteiger partial charge in [0.1, 0.15) is 5.75 Å². The lowest BCUT2D eigenvalue weighted by atomic mass is 10.1. The minimum atomic E-state index is -0.236. The fraction of sp³-hybridized carbons (Fsp3) is 0.167. The SMILES string of the molecule is Cc1cc(Oc2cc(=O)[nH]cn2)cc(C)c1Br. The monoisotopic (exact) mass is 294 g/mol. The molecule has 5 heteroatoms. The van der Waals surface area contributed by atoms with E-state index in [9.17, 15) is 4.79 Å². The van der Waals surface area contributed by atoms with E-state index in [0.29, 0.717) is 5.75 Å². The molecule has 0 amide bonds. The summed E-state index contributed by atoms with van der Waals surface area (Å²) in [7, 11) is 0. The quantitative estimate of drug-likeness (QED) is 0.926. The average Bonchev–Trinajstić information content (AvgIpc) is 2.26. The highest BCUT2D eigenvalue weighted by Gasteiger charge is 2.05. The largest absolute Gasteiger partial charge is 0.439 e. The Kier molecular flexibility index (Phi) is 3.28. The maximum Gasteiger partial charge on any atom is 0.254 e. The highest BCUT2D eigenvalue weighted by atomic mass is 79.9. The molecule has 2 rings (SSSR count). The third-order valence-electron chi connectivity index (χ3n) is 2.29. The predicted octanol–water partition coefficient (Wildman–Crippen LogP) is 2.94. The number of rotatable bonds is 2. The van der Waals surface area contributed by atoms with Gasteiger partial charge in [-0.2, -0.15) is 0 Å². The van der Waals surface area contributed by atoms with Gasteiger partial charge in [-0.3, -0.25) is 4.79 Å². The summed E-state index contributed by atoms with van der Waals surface area (Å²) in [5.41, 5.74) is 1.91. The van der Waals surface area contributed by atoms with Gasteiger partial charge in [0.25, 0.3) is 5.56 Å². The van der Waals surface area contributed by atoms with Crippen molar-refractivity contribution in [1.29, 1.82) is 0 Å². The van der Waals surface area contributed by atoms with Crippen molar-refractivity contribution >= 4 is 15.9 Å². The molecule has 88 valence electrons. The van der Waals surface area contributed by atoms with E-state index >= 15 is 0 Å². The van der Waals surface area contributed by atoms with Crippen molar-refractivity contribution in [2.24, 2.45) is 0 Å². The van der Waals surface area contributed by atoms with Crippen LogP contribution in [0.1, 0.15) is 11.1 Å². The first kappa shape index (κ1) is 11.9. The number of aryl methyl sites for hydroxylation is 2. The molecule has 0 aliphatic rings. The van der Waals surface area contributed by atoms with Crippen molar-refractivity contribution in [2.75, 3.05) is 0 Å². The molecule has 2 aromatic rings. The van der Waals surface area contributed by atoms with Crippen molar-refractivity contribution in [3.63, 3.8) is 0 Å². The lowest BCUT2D eigenvalue weighted by molar-refractivity contribution is 0.459. The molecule has 1 heterocycles. The Balaban J connectivity index is 2.34. The first-order valence-electron chi connectivity index (χ1n) is 5.05. The zero-order valence-corrected chi connectivity index (χ0v) is 11.0. The van der Waals surface area contributed by atoms with Gasteiger partial charge in [-0.15, -0.1) is 0 Å². The number of nitrogens with zero attached hydrogens (tertiary/aromatic N) is 1. The summed E-state index contributed by atoms with van der Waals surface area (Å²) < 4.78 is 6.58. The number of halogens is 1. The molecule has 1 aromatic carbocycles. The molecule has 0 spiro atoms. The number of aromatic nitrogens is 2. The number of nitrogens with one attached hydrogen (secondary N) is 1. The molecule has 0 aliphatic heterocycles. The fourth-order valence-corrected chi connectivity index (χ4v) is 1.72. The molecule has 0 saturated carbocycles. The highest BCUT2D eigenvalue weighted by Crippen LogP contribution is 2.28. The summed E-state index contributed by atoms with van der Waals surface area (Å²) in [4.78, 5) is 17.4. The zero-order valence-electron chi connectivity index (χ0n) is 9.45. The minimum Gasteiger partial charge on any atom is -0.439 e. The first-order chi connectivity index (χ1) is 8.06. The number of hydrogen-bond donors (Lipinski definition) is 1. The van der Waals surface area contributed by atoms with E-state index in [4.69, 9.17) is 4.74 Å². The lowest BCUT2D eigenvalue weighted by Crippen LogP contribution is -2.04. The molecule has 0 bridgehead atoms. The van der Waals surface area contributed by atoms with E-state index in [1.54, 1.807) is 0 Å². The Morgan fingerprint density at radius 1 is 1.24 bits per heavy atom. The summed E-state index contributed by atoms with van der Waals surface area (Å²) in [5.74, 6) is 0.955. The normalized spacial score (nSPS) is 10.3. The molecule has 0 atom stereocenters. The molecule has 0 aliphatic carbocycles. The smallest absolute Gasteiger partial charge is 0.254 e. The number of benzene rings is 1. The van der Waals surface area contributed by atoms with Crippen LogP contribution in [0, 0.1) is 13.8 Å². The Hall–Kier alpha value is -1.62. The Morgan fingerprint density at radius 2 is 1.88 bits per heavy atom. The van der Waals surface area contributed by atoms with Crippen LogP contribution in [0.25, 0.3) is 0 Å². The van der Waals surface area contributed by atoms with Crippen LogP contribution in [-0.4, -0.2) is 9.97 Å². The molecule has 4 nitrogen and oxygen atoms in total. The van der Waals surface area contributed by atoms with E-state index in [1.807, 2.05) is 26.0 Å². The summed E-state index contributed by atoms with van der Waals surface area (Å²) in [6.07, 6.45) is 1.32. The van der Waals surface area contributed by atoms with Gasteiger partial charge in [-0.25, -0.2) is 4.98 Å². The van der Waals surface area contributed by atoms with E-state index < -0.39 is 0 Å². The third kappa shape index (κ3) is 2.74. The third-order valence-corrected chi connectivity index (χ3v) is 3.54. The molecule has 0 saturated heterocycles. The van der Waals surface area contributed by atoms with Crippen molar-refractivity contribution in [3.8, 4) is 11.6 Å². The average molecular weight is 295 g/mol. The second-order valence-electron chi connectivity index (χ2n) is 3.72. The molecule has 1 N–H and O–H groups in total. The summed E-state index contributed by atoms with van der Waals surface area (Å²) in [5, 5.41) is 0. The zero-order chi connectivity index (χ0) is 12.4. The minimum absolute atomic E-state index is 0.236. The first-order valence-corrected chi connectivity index (χ1v) is 5.85. The van der Waals surface area contributed by atoms with Crippen molar-refractivity contribution in [1.82, 2.24) is 9.97 Å². The van der Waals surface area contributed by atoms with Gasteiger partial charge in [0.2, 0.25) is 5.88 Å². The van der Waals surface area contributed by atoms with E-state index in [0.717, 1.165) is 15.6 Å². The van der Waals surface area contributed by atoms with Crippen LogP contribution in [0.5, 0.6) is 11.6 Å².